The predicted octanol–water partition coefficient (Wildman–Crippen LogP) is -0.269. The molecule has 0 saturated carbocycles. The number of carbonyl (C=O) groups is 2. The van der Waals surface area contributed by atoms with E-state index in [1.807, 2.05) is 30.3 Å². The van der Waals surface area contributed by atoms with Crippen LogP contribution >= 0.6 is 0 Å². The molecule has 2 amide bonds. The second-order valence-corrected chi connectivity index (χ2v) is 5.70. The molecular formula is C17H17BN2O4. The van der Waals surface area contributed by atoms with E-state index in [2.05, 4.69) is 5.32 Å². The van der Waals surface area contributed by atoms with Gasteiger partial charge in [0.05, 0.1) is 6.61 Å². The maximum absolute atomic E-state index is 12.4. The quantitative estimate of drug-likeness (QED) is 0.659. The van der Waals surface area contributed by atoms with Crippen LogP contribution in [0, 0.1) is 0 Å². The van der Waals surface area contributed by atoms with Gasteiger partial charge in [0.15, 0.2) is 0 Å². The molecule has 0 saturated heterocycles. The minimum absolute atomic E-state index is 0.316. The van der Waals surface area contributed by atoms with Crippen molar-refractivity contribution in [2.24, 2.45) is 5.73 Å². The van der Waals surface area contributed by atoms with Crippen LogP contribution in [0.4, 0.5) is 0 Å². The Labute approximate surface area is 139 Å². The average Bonchev–Trinajstić information content (AvgIpc) is 2.95. The van der Waals surface area contributed by atoms with Gasteiger partial charge in [0, 0.05) is 12.0 Å². The third-order valence-corrected chi connectivity index (χ3v) is 4.00. The first-order chi connectivity index (χ1) is 11.5. The number of rotatable bonds is 5. The lowest BCUT2D eigenvalue weighted by Crippen LogP contribution is -2.46. The number of hydrogen-bond donors (Lipinski definition) is 3. The number of benzene rings is 2. The van der Waals surface area contributed by atoms with Gasteiger partial charge in [-0.15, -0.1) is 0 Å². The summed E-state index contributed by atoms with van der Waals surface area (Å²) in [4.78, 5) is 24.1. The fourth-order valence-electron chi connectivity index (χ4n) is 2.67. The summed E-state index contributed by atoms with van der Waals surface area (Å²) in [5.74, 6) is -1.02. The van der Waals surface area contributed by atoms with Gasteiger partial charge in [-0.2, -0.15) is 0 Å². The Hall–Kier alpha value is -2.64. The standard InChI is InChI=1S/C17H17BN2O4/c19-16(21)15(8-11-4-2-1-3-5-11)20-17(22)12-6-7-13-10-24-18(23)14(13)9-12/h1-7,9,15,23H,8,10H2,(H2,19,21)(H,20,22)/t15-/m1/s1. The minimum atomic E-state index is -1.02. The van der Waals surface area contributed by atoms with Crippen LogP contribution in [0.3, 0.4) is 0 Å². The summed E-state index contributed by atoms with van der Waals surface area (Å²) in [5, 5.41) is 12.4. The number of nitrogens with two attached hydrogens (primary N) is 1. The van der Waals surface area contributed by atoms with Crippen LogP contribution in [0.1, 0.15) is 21.5 Å². The van der Waals surface area contributed by atoms with Crippen molar-refractivity contribution in [2.75, 3.05) is 0 Å². The molecule has 0 radical (unpaired) electrons. The molecule has 0 unspecified atom stereocenters. The van der Waals surface area contributed by atoms with Gasteiger partial charge in [-0.25, -0.2) is 0 Å². The van der Waals surface area contributed by atoms with Gasteiger partial charge in [-0.05, 0) is 28.7 Å². The maximum atomic E-state index is 12.4. The summed E-state index contributed by atoms with van der Waals surface area (Å²) in [6, 6.07) is 13.5. The molecule has 6 nitrogen and oxygen atoms in total. The zero-order valence-electron chi connectivity index (χ0n) is 12.9. The van der Waals surface area contributed by atoms with Crippen molar-refractivity contribution in [1.29, 1.82) is 0 Å². The summed E-state index contributed by atoms with van der Waals surface area (Å²) in [6.07, 6.45) is 0.318. The number of hydrogen-bond acceptors (Lipinski definition) is 4. The van der Waals surface area contributed by atoms with Crippen molar-refractivity contribution in [3.8, 4) is 0 Å². The highest BCUT2D eigenvalue weighted by Gasteiger charge is 2.28. The molecule has 24 heavy (non-hydrogen) atoms. The van der Waals surface area contributed by atoms with Gasteiger partial charge < -0.3 is 20.7 Å². The predicted molar refractivity (Wildman–Crippen MR) is 89.4 cm³/mol. The van der Waals surface area contributed by atoms with E-state index < -0.39 is 25.0 Å². The molecule has 2 aromatic carbocycles. The first-order valence-corrected chi connectivity index (χ1v) is 7.61. The Morgan fingerprint density at radius 2 is 2.00 bits per heavy atom. The van der Waals surface area contributed by atoms with Crippen LogP contribution in [0.5, 0.6) is 0 Å². The molecule has 0 aliphatic carbocycles. The molecule has 1 heterocycles. The van der Waals surface area contributed by atoms with Gasteiger partial charge in [-0.3, -0.25) is 9.59 Å². The molecule has 0 fully saturated rings. The average molecular weight is 324 g/mol. The second-order valence-electron chi connectivity index (χ2n) is 5.70. The van der Waals surface area contributed by atoms with E-state index in [-0.39, 0.29) is 0 Å². The molecule has 4 N–H and O–H groups in total. The largest absolute Gasteiger partial charge is 0.491 e. The van der Waals surface area contributed by atoms with Crippen molar-refractivity contribution in [3.05, 3.63) is 65.2 Å². The molecule has 122 valence electrons. The van der Waals surface area contributed by atoms with E-state index in [1.54, 1.807) is 18.2 Å². The van der Waals surface area contributed by atoms with Crippen molar-refractivity contribution in [1.82, 2.24) is 5.32 Å². The van der Waals surface area contributed by atoms with E-state index >= 15 is 0 Å². The van der Waals surface area contributed by atoms with Crippen LogP contribution in [0.15, 0.2) is 48.5 Å². The summed E-state index contributed by atoms with van der Waals surface area (Å²) < 4.78 is 5.11. The van der Waals surface area contributed by atoms with Crippen molar-refractivity contribution >= 4 is 24.4 Å². The monoisotopic (exact) mass is 324 g/mol. The number of primary amides is 1. The number of amides is 2. The fraction of sp³-hybridized carbons (Fsp3) is 0.176. The van der Waals surface area contributed by atoms with Crippen molar-refractivity contribution in [2.45, 2.75) is 19.1 Å². The highest BCUT2D eigenvalue weighted by Crippen LogP contribution is 2.12. The molecular weight excluding hydrogens is 307 g/mol. The van der Waals surface area contributed by atoms with E-state index in [0.29, 0.717) is 24.1 Å². The van der Waals surface area contributed by atoms with Crippen LogP contribution in [-0.2, 0) is 22.5 Å². The van der Waals surface area contributed by atoms with E-state index in [0.717, 1.165) is 11.1 Å². The van der Waals surface area contributed by atoms with Gasteiger partial charge in [0.2, 0.25) is 5.91 Å². The Morgan fingerprint density at radius 3 is 2.71 bits per heavy atom. The Kier molecular flexibility index (Phi) is 4.64. The summed E-state index contributed by atoms with van der Waals surface area (Å²) in [7, 11) is -1.02. The number of fused-ring (bicyclic) bond motifs is 1. The summed E-state index contributed by atoms with van der Waals surface area (Å²) >= 11 is 0. The highest BCUT2D eigenvalue weighted by atomic mass is 16.5. The molecule has 1 aliphatic heterocycles. The third kappa shape index (κ3) is 3.47. The van der Waals surface area contributed by atoms with Crippen LogP contribution in [0.25, 0.3) is 0 Å². The van der Waals surface area contributed by atoms with Gasteiger partial charge in [0.1, 0.15) is 6.04 Å². The molecule has 7 heteroatoms. The molecule has 2 aromatic rings. The Bertz CT molecular complexity index is 766. The lowest BCUT2D eigenvalue weighted by Gasteiger charge is -2.16. The number of nitrogens with one attached hydrogen (secondary N) is 1. The number of carbonyl (C=O) groups excluding carboxylic acids is 2. The summed E-state index contributed by atoms with van der Waals surface area (Å²) in [6.45, 7) is 0.316. The topological polar surface area (TPSA) is 102 Å². The zero-order valence-corrected chi connectivity index (χ0v) is 12.9. The SMILES string of the molecule is NC(=O)[C@@H](Cc1ccccc1)NC(=O)c1ccc2c(c1)B(O)OC2. The first-order valence-electron chi connectivity index (χ1n) is 7.61. The smallest absolute Gasteiger partial charge is 0.423 e. The summed E-state index contributed by atoms with van der Waals surface area (Å²) in [5.41, 5.74) is 8.07. The van der Waals surface area contributed by atoms with Crippen molar-refractivity contribution in [3.63, 3.8) is 0 Å². The van der Waals surface area contributed by atoms with Crippen LogP contribution in [0.2, 0.25) is 0 Å². The molecule has 0 spiro atoms. The van der Waals surface area contributed by atoms with E-state index in [9.17, 15) is 14.6 Å². The van der Waals surface area contributed by atoms with Crippen LogP contribution in [-0.4, -0.2) is 30.0 Å². The fourth-order valence-corrected chi connectivity index (χ4v) is 2.67. The Morgan fingerprint density at radius 1 is 1.25 bits per heavy atom. The minimum Gasteiger partial charge on any atom is -0.423 e. The Balaban J connectivity index is 1.74. The zero-order chi connectivity index (χ0) is 17.1. The highest BCUT2D eigenvalue weighted by molar-refractivity contribution is 6.61. The maximum Gasteiger partial charge on any atom is 0.491 e. The van der Waals surface area contributed by atoms with E-state index in [1.165, 1.54) is 0 Å². The third-order valence-electron chi connectivity index (χ3n) is 4.00. The van der Waals surface area contributed by atoms with Gasteiger partial charge >= 0.3 is 7.12 Å². The molecule has 1 atom stereocenters. The lowest BCUT2D eigenvalue weighted by atomic mass is 9.78. The molecule has 0 aromatic heterocycles. The second kappa shape index (κ2) is 6.86. The first kappa shape index (κ1) is 16.2. The lowest BCUT2D eigenvalue weighted by molar-refractivity contribution is -0.119. The van der Waals surface area contributed by atoms with Crippen molar-refractivity contribution < 1.29 is 19.3 Å². The van der Waals surface area contributed by atoms with E-state index in [4.69, 9.17) is 10.4 Å². The molecule has 1 aliphatic rings. The molecule has 0 bridgehead atoms. The van der Waals surface area contributed by atoms with Gasteiger partial charge in [-0.1, -0.05) is 36.4 Å². The normalized spacial score (nSPS) is 14.1. The van der Waals surface area contributed by atoms with Gasteiger partial charge in [0.25, 0.3) is 5.91 Å². The van der Waals surface area contributed by atoms with Crippen LogP contribution < -0.4 is 16.5 Å². The molecule has 3 rings (SSSR count).